The predicted octanol–water partition coefficient (Wildman–Crippen LogP) is 4.30. The summed E-state index contributed by atoms with van der Waals surface area (Å²) in [5, 5.41) is 10.8. The van der Waals surface area contributed by atoms with Gasteiger partial charge in [-0.15, -0.1) is 24.0 Å². The van der Waals surface area contributed by atoms with Gasteiger partial charge in [-0.05, 0) is 56.9 Å². The Labute approximate surface area is 204 Å². The van der Waals surface area contributed by atoms with Crippen LogP contribution in [0.3, 0.4) is 0 Å². The van der Waals surface area contributed by atoms with E-state index < -0.39 is 17.7 Å². The van der Waals surface area contributed by atoms with E-state index in [4.69, 9.17) is 0 Å². The zero-order valence-corrected chi connectivity index (χ0v) is 20.9. The van der Waals surface area contributed by atoms with Crippen molar-refractivity contribution in [1.82, 2.24) is 25.3 Å². The molecular weight excluding hydrogens is 525 g/mol. The summed E-state index contributed by atoms with van der Waals surface area (Å²) >= 11 is 0. The summed E-state index contributed by atoms with van der Waals surface area (Å²) in [7, 11) is 5.24. The second-order valence-electron chi connectivity index (χ2n) is 7.48. The smallest absolute Gasteiger partial charge is 0.191 e. The molecule has 32 heavy (non-hydrogen) atoms. The number of aliphatic imine (C=N–C) groups is 1. The minimum atomic E-state index is -0.563. The lowest BCUT2D eigenvalue weighted by atomic mass is 10.0. The molecule has 2 atom stereocenters. The quantitative estimate of drug-likeness (QED) is 0.260. The van der Waals surface area contributed by atoms with Crippen LogP contribution in [-0.2, 0) is 0 Å². The summed E-state index contributed by atoms with van der Waals surface area (Å²) in [6.07, 6.45) is 3.63. The van der Waals surface area contributed by atoms with Crippen LogP contribution >= 0.6 is 24.0 Å². The third-order valence-electron chi connectivity index (χ3n) is 5.14. The van der Waals surface area contributed by atoms with Gasteiger partial charge in [0, 0.05) is 31.5 Å². The highest BCUT2D eigenvalue weighted by Gasteiger charge is 2.22. The zero-order chi connectivity index (χ0) is 22.4. The van der Waals surface area contributed by atoms with E-state index in [1.807, 2.05) is 37.4 Å². The van der Waals surface area contributed by atoms with Gasteiger partial charge in [0.2, 0.25) is 0 Å². The van der Waals surface area contributed by atoms with Crippen LogP contribution in [0.5, 0.6) is 0 Å². The topological polar surface area (TPSA) is 57.5 Å². The van der Waals surface area contributed by atoms with Gasteiger partial charge in [0.15, 0.2) is 5.96 Å². The first-order chi connectivity index (χ1) is 14.9. The van der Waals surface area contributed by atoms with Gasteiger partial charge in [-0.1, -0.05) is 18.2 Å². The molecule has 3 rings (SSSR count). The van der Waals surface area contributed by atoms with E-state index in [1.165, 1.54) is 18.2 Å². The molecule has 0 fully saturated rings. The number of benzene rings is 2. The Morgan fingerprint density at radius 1 is 1.12 bits per heavy atom. The molecule has 2 unspecified atom stereocenters. The highest BCUT2D eigenvalue weighted by molar-refractivity contribution is 14.0. The van der Waals surface area contributed by atoms with Crippen molar-refractivity contribution in [3.63, 3.8) is 0 Å². The fraction of sp³-hybridized carbons (Fsp3) is 0.304. The molecule has 2 N–H and O–H groups in total. The molecule has 0 spiro atoms. The third kappa shape index (κ3) is 6.26. The Morgan fingerprint density at radius 3 is 2.41 bits per heavy atom. The number of nitrogens with one attached hydrogen (secondary N) is 2. The summed E-state index contributed by atoms with van der Waals surface area (Å²) < 4.78 is 30.4. The van der Waals surface area contributed by atoms with E-state index in [1.54, 1.807) is 36.9 Å². The lowest BCUT2D eigenvalue weighted by Gasteiger charge is -2.27. The fourth-order valence-electron chi connectivity index (χ4n) is 3.41. The van der Waals surface area contributed by atoms with Gasteiger partial charge in [-0.2, -0.15) is 5.10 Å². The van der Waals surface area contributed by atoms with Crippen molar-refractivity contribution in [2.24, 2.45) is 4.99 Å². The van der Waals surface area contributed by atoms with Gasteiger partial charge in [0.25, 0.3) is 0 Å². The molecule has 0 aliphatic heterocycles. The maximum absolute atomic E-state index is 14.3. The maximum atomic E-state index is 14.3. The Kier molecular flexibility index (Phi) is 9.58. The third-order valence-corrected chi connectivity index (χ3v) is 5.14. The summed E-state index contributed by atoms with van der Waals surface area (Å²) in [6.45, 7) is 2.31. The fourth-order valence-corrected chi connectivity index (χ4v) is 3.41. The average molecular weight is 554 g/mol. The van der Waals surface area contributed by atoms with Crippen molar-refractivity contribution >= 4 is 29.9 Å². The number of rotatable bonds is 7. The highest BCUT2D eigenvalue weighted by atomic mass is 127. The predicted molar refractivity (Wildman–Crippen MR) is 135 cm³/mol. The Bertz CT molecular complexity index is 1000. The molecule has 9 heteroatoms. The van der Waals surface area contributed by atoms with Crippen LogP contribution in [-0.4, -0.2) is 48.3 Å². The zero-order valence-electron chi connectivity index (χ0n) is 18.6. The van der Waals surface area contributed by atoms with Gasteiger partial charge in [0.05, 0.1) is 17.8 Å². The first-order valence-electron chi connectivity index (χ1n) is 10.1. The number of likely N-dealkylation sites (N-methyl/N-ethyl adjacent to an activating group) is 1. The van der Waals surface area contributed by atoms with E-state index in [0.717, 1.165) is 11.3 Å². The lowest BCUT2D eigenvalue weighted by molar-refractivity contribution is 0.282. The van der Waals surface area contributed by atoms with E-state index in [-0.39, 0.29) is 42.1 Å². The molecule has 0 bridgehead atoms. The monoisotopic (exact) mass is 554 g/mol. The molecule has 0 amide bonds. The Hall–Kier alpha value is -2.53. The minimum Gasteiger partial charge on any atom is -0.354 e. The molecule has 0 radical (unpaired) electrons. The van der Waals surface area contributed by atoms with Crippen LogP contribution in [0.4, 0.5) is 8.78 Å². The largest absolute Gasteiger partial charge is 0.354 e. The summed E-state index contributed by atoms with van der Waals surface area (Å²) in [5.41, 5.74) is 2.05. The molecule has 1 aromatic heterocycles. The molecule has 172 valence electrons. The SMILES string of the molecule is CN=C(NCC(c1c(F)cccc1F)N(C)C)NC(C)c1cccc(-n2cccn2)c1.I. The van der Waals surface area contributed by atoms with Gasteiger partial charge in [-0.25, -0.2) is 13.5 Å². The van der Waals surface area contributed by atoms with Crippen molar-refractivity contribution in [3.8, 4) is 5.69 Å². The van der Waals surface area contributed by atoms with Crippen molar-refractivity contribution in [2.75, 3.05) is 27.7 Å². The van der Waals surface area contributed by atoms with Crippen LogP contribution in [0.15, 0.2) is 65.9 Å². The van der Waals surface area contributed by atoms with Crippen molar-refractivity contribution < 1.29 is 8.78 Å². The number of hydrogen-bond donors (Lipinski definition) is 2. The van der Waals surface area contributed by atoms with E-state index >= 15 is 0 Å². The second-order valence-corrected chi connectivity index (χ2v) is 7.48. The first-order valence-corrected chi connectivity index (χ1v) is 10.1. The van der Waals surface area contributed by atoms with E-state index in [2.05, 4.69) is 26.8 Å². The molecule has 0 aliphatic carbocycles. The Balaban J connectivity index is 0.00000363. The standard InChI is InChI=1S/C23H28F2N6.HI/c1-16(17-8-5-9-18(14-17)31-13-7-12-28-31)29-23(26-2)27-15-21(30(3)4)22-19(24)10-6-11-20(22)25;/h5-14,16,21H,15H2,1-4H3,(H2,26,27,29);1H. The average Bonchev–Trinajstić information content (AvgIpc) is 3.29. The molecule has 2 aromatic carbocycles. The molecule has 6 nitrogen and oxygen atoms in total. The number of aromatic nitrogens is 2. The summed E-state index contributed by atoms with van der Waals surface area (Å²) in [6, 6.07) is 13.3. The van der Waals surface area contributed by atoms with Crippen molar-refractivity contribution in [1.29, 1.82) is 0 Å². The van der Waals surface area contributed by atoms with Gasteiger partial charge < -0.3 is 15.5 Å². The van der Waals surface area contributed by atoms with Gasteiger partial charge in [-0.3, -0.25) is 4.99 Å². The Morgan fingerprint density at radius 2 is 1.81 bits per heavy atom. The normalized spacial score (nSPS) is 13.4. The van der Waals surface area contributed by atoms with E-state index in [0.29, 0.717) is 5.96 Å². The van der Waals surface area contributed by atoms with Gasteiger partial charge >= 0.3 is 0 Å². The summed E-state index contributed by atoms with van der Waals surface area (Å²) in [4.78, 5) is 6.04. The molecule has 0 saturated carbocycles. The van der Waals surface area contributed by atoms with Gasteiger partial charge in [0.1, 0.15) is 11.6 Å². The molecule has 0 aliphatic rings. The molecule has 3 aromatic rings. The first kappa shape index (κ1) is 25.7. The molecular formula is C23H29F2IN6. The summed E-state index contributed by atoms with van der Waals surface area (Å²) in [5.74, 6) is -0.583. The second kappa shape index (κ2) is 11.9. The van der Waals surface area contributed by atoms with Crippen LogP contribution in [0.2, 0.25) is 0 Å². The maximum Gasteiger partial charge on any atom is 0.191 e. The number of guanidine groups is 1. The van der Waals surface area contributed by atoms with Crippen LogP contribution in [0.25, 0.3) is 5.69 Å². The van der Waals surface area contributed by atoms with Crippen LogP contribution in [0.1, 0.15) is 30.1 Å². The number of nitrogens with zero attached hydrogens (tertiary/aromatic N) is 4. The van der Waals surface area contributed by atoms with Crippen LogP contribution < -0.4 is 10.6 Å². The highest BCUT2D eigenvalue weighted by Crippen LogP contribution is 2.24. The van der Waals surface area contributed by atoms with Crippen LogP contribution in [0, 0.1) is 11.6 Å². The number of hydrogen-bond acceptors (Lipinski definition) is 3. The van der Waals surface area contributed by atoms with Crippen molar-refractivity contribution in [3.05, 3.63) is 83.7 Å². The van der Waals surface area contributed by atoms with E-state index in [9.17, 15) is 8.78 Å². The lowest BCUT2D eigenvalue weighted by Crippen LogP contribution is -2.43. The molecule has 0 saturated heterocycles. The number of halogens is 3. The molecule has 1 heterocycles. The van der Waals surface area contributed by atoms with Crippen molar-refractivity contribution in [2.45, 2.75) is 19.0 Å². The minimum absolute atomic E-state index is 0.